The minimum absolute atomic E-state index is 0.0374. The number of carbonyl (C=O) groups is 1. The lowest BCUT2D eigenvalue weighted by molar-refractivity contribution is -0.120. The highest BCUT2D eigenvalue weighted by atomic mass is 35.5. The van der Waals surface area contributed by atoms with E-state index in [9.17, 15) is 9.59 Å². The zero-order valence-electron chi connectivity index (χ0n) is 19.5. The van der Waals surface area contributed by atoms with Gasteiger partial charge in [-0.3, -0.25) is 4.79 Å². The highest BCUT2D eigenvalue weighted by Crippen LogP contribution is 2.34. The van der Waals surface area contributed by atoms with Crippen LogP contribution in [0.2, 0.25) is 5.02 Å². The lowest BCUT2D eigenvalue weighted by Gasteiger charge is -2.10. The molecule has 5 rings (SSSR count). The van der Waals surface area contributed by atoms with Crippen LogP contribution < -0.4 is 10.9 Å². The zero-order valence-corrected chi connectivity index (χ0v) is 20.3. The molecular weight excluding hydrogens is 452 g/mol. The van der Waals surface area contributed by atoms with E-state index in [1.165, 1.54) is 0 Å². The lowest BCUT2D eigenvalue weighted by atomic mass is 9.98. The first-order valence-electron chi connectivity index (χ1n) is 11.2. The molecule has 0 saturated carbocycles. The quantitative estimate of drug-likeness (QED) is 0.313. The molecule has 2 N–H and O–H groups in total. The maximum Gasteiger partial charge on any atom is 0.340 e. The number of aryl methyl sites for hydroxylation is 4. The highest BCUT2D eigenvalue weighted by molar-refractivity contribution is 6.31. The van der Waals surface area contributed by atoms with Gasteiger partial charge in [0.1, 0.15) is 16.9 Å². The Kier molecular flexibility index (Phi) is 5.48. The molecule has 3 aromatic heterocycles. The summed E-state index contributed by atoms with van der Waals surface area (Å²) in [5, 5.41) is 6.45. The average molecular weight is 477 g/mol. The van der Waals surface area contributed by atoms with Gasteiger partial charge in [0.25, 0.3) is 0 Å². The van der Waals surface area contributed by atoms with Gasteiger partial charge in [-0.05, 0) is 75.1 Å². The third kappa shape index (κ3) is 3.68. The van der Waals surface area contributed by atoms with Gasteiger partial charge >= 0.3 is 5.63 Å². The van der Waals surface area contributed by atoms with Crippen LogP contribution in [0.4, 0.5) is 0 Å². The van der Waals surface area contributed by atoms with Crippen LogP contribution in [0.3, 0.4) is 0 Å². The summed E-state index contributed by atoms with van der Waals surface area (Å²) in [5.41, 5.74) is 5.81. The van der Waals surface area contributed by atoms with E-state index in [1.807, 2.05) is 58.2 Å². The topological polar surface area (TPSA) is 88.2 Å². The first-order chi connectivity index (χ1) is 16.2. The molecule has 7 heteroatoms. The Morgan fingerprint density at radius 1 is 0.971 bits per heavy atom. The number of nitrogens with one attached hydrogen (secondary N) is 2. The molecule has 5 aromatic rings. The van der Waals surface area contributed by atoms with Gasteiger partial charge in [0, 0.05) is 45.0 Å². The van der Waals surface area contributed by atoms with Gasteiger partial charge in [0.05, 0.1) is 12.0 Å². The van der Waals surface area contributed by atoms with Gasteiger partial charge in [-0.2, -0.15) is 0 Å². The number of aromatic nitrogens is 1. The van der Waals surface area contributed by atoms with Crippen molar-refractivity contribution in [3.63, 3.8) is 0 Å². The maximum absolute atomic E-state index is 12.8. The Morgan fingerprint density at radius 2 is 1.71 bits per heavy atom. The van der Waals surface area contributed by atoms with E-state index in [-0.39, 0.29) is 12.3 Å². The second kappa shape index (κ2) is 8.37. The number of furan rings is 1. The SMILES string of the molecule is Cc1oc2c(C)c3oc(=O)c(CC(=O)NCCc4c[nH]c5ccc(Cl)cc45)c(C)c3cc2c1C. The maximum atomic E-state index is 12.8. The summed E-state index contributed by atoms with van der Waals surface area (Å²) in [4.78, 5) is 28.7. The summed E-state index contributed by atoms with van der Waals surface area (Å²) in [7, 11) is 0. The van der Waals surface area contributed by atoms with Gasteiger partial charge in [-0.25, -0.2) is 4.79 Å². The van der Waals surface area contributed by atoms with Gasteiger partial charge in [-0.15, -0.1) is 0 Å². The standard InChI is InChI=1S/C27H25ClN2O4/c1-13-16(4)33-25-15(3)26-20(10-19(13)25)14(2)21(27(32)34-26)11-24(31)29-8-7-17-12-30-23-6-5-18(28)9-22(17)23/h5-6,9-10,12,30H,7-8,11H2,1-4H3,(H,29,31). The van der Waals surface area contributed by atoms with E-state index in [4.69, 9.17) is 20.4 Å². The fourth-order valence-electron chi connectivity index (χ4n) is 4.61. The van der Waals surface area contributed by atoms with Crippen molar-refractivity contribution in [1.82, 2.24) is 10.3 Å². The predicted molar refractivity (Wildman–Crippen MR) is 135 cm³/mol. The Hall–Kier alpha value is -3.51. The van der Waals surface area contributed by atoms with E-state index in [2.05, 4.69) is 10.3 Å². The van der Waals surface area contributed by atoms with Crippen LogP contribution in [0, 0.1) is 27.7 Å². The molecule has 0 saturated heterocycles. The lowest BCUT2D eigenvalue weighted by Crippen LogP contribution is -2.29. The van der Waals surface area contributed by atoms with E-state index in [0.717, 1.165) is 55.3 Å². The van der Waals surface area contributed by atoms with Crippen molar-refractivity contribution >= 4 is 50.3 Å². The molecule has 0 fully saturated rings. The number of hydrogen-bond acceptors (Lipinski definition) is 4. The molecule has 174 valence electrons. The molecule has 0 unspecified atom stereocenters. The monoisotopic (exact) mass is 476 g/mol. The molecule has 3 heterocycles. The highest BCUT2D eigenvalue weighted by Gasteiger charge is 2.20. The number of rotatable bonds is 5. The minimum Gasteiger partial charge on any atom is -0.461 e. The van der Waals surface area contributed by atoms with E-state index in [0.29, 0.717) is 29.1 Å². The average Bonchev–Trinajstić information content (AvgIpc) is 3.33. The van der Waals surface area contributed by atoms with Crippen LogP contribution in [-0.2, 0) is 17.6 Å². The van der Waals surface area contributed by atoms with Crippen LogP contribution in [-0.4, -0.2) is 17.4 Å². The van der Waals surface area contributed by atoms with Crippen LogP contribution >= 0.6 is 11.6 Å². The summed E-state index contributed by atoms with van der Waals surface area (Å²) in [6.07, 6.45) is 2.54. The van der Waals surface area contributed by atoms with Crippen LogP contribution in [0.25, 0.3) is 32.8 Å². The Bertz CT molecular complexity index is 1660. The molecule has 1 amide bonds. The summed E-state index contributed by atoms with van der Waals surface area (Å²) in [6, 6.07) is 7.68. The van der Waals surface area contributed by atoms with Crippen LogP contribution in [0.15, 0.2) is 44.1 Å². The summed E-state index contributed by atoms with van der Waals surface area (Å²) in [5.74, 6) is 0.617. The Labute approximate surface area is 200 Å². The molecule has 0 aliphatic rings. The number of hydrogen-bond donors (Lipinski definition) is 2. The van der Waals surface area contributed by atoms with Crippen LogP contribution in [0.1, 0.15) is 33.6 Å². The largest absolute Gasteiger partial charge is 0.461 e. The summed E-state index contributed by atoms with van der Waals surface area (Å²) >= 11 is 6.12. The second-order valence-electron chi connectivity index (χ2n) is 8.81. The molecule has 0 radical (unpaired) electrons. The fourth-order valence-corrected chi connectivity index (χ4v) is 4.79. The molecule has 2 aromatic carbocycles. The Balaban J connectivity index is 1.38. The first kappa shape index (κ1) is 22.3. The van der Waals surface area contributed by atoms with Crippen molar-refractivity contribution in [2.75, 3.05) is 6.54 Å². The normalized spacial score (nSPS) is 11.7. The number of aromatic amines is 1. The van der Waals surface area contributed by atoms with Crippen molar-refractivity contribution in [2.24, 2.45) is 0 Å². The molecule has 0 spiro atoms. The molecule has 6 nitrogen and oxygen atoms in total. The number of fused-ring (bicyclic) bond motifs is 3. The van der Waals surface area contributed by atoms with Crippen molar-refractivity contribution in [1.29, 1.82) is 0 Å². The third-order valence-electron chi connectivity index (χ3n) is 6.73. The van der Waals surface area contributed by atoms with Crippen molar-refractivity contribution in [3.8, 4) is 0 Å². The van der Waals surface area contributed by atoms with Crippen molar-refractivity contribution < 1.29 is 13.6 Å². The Morgan fingerprint density at radius 3 is 2.50 bits per heavy atom. The number of halogens is 1. The molecule has 0 aliphatic heterocycles. The first-order valence-corrected chi connectivity index (χ1v) is 11.6. The van der Waals surface area contributed by atoms with E-state index < -0.39 is 5.63 Å². The number of carbonyl (C=O) groups excluding carboxylic acids is 1. The van der Waals surface area contributed by atoms with Gasteiger partial charge < -0.3 is 19.1 Å². The molecule has 0 aliphatic carbocycles. The van der Waals surface area contributed by atoms with Crippen LogP contribution in [0.5, 0.6) is 0 Å². The fraction of sp³-hybridized carbons (Fsp3) is 0.259. The number of amides is 1. The number of benzene rings is 2. The van der Waals surface area contributed by atoms with E-state index >= 15 is 0 Å². The van der Waals surface area contributed by atoms with Gasteiger partial charge in [0.2, 0.25) is 5.91 Å². The molecule has 34 heavy (non-hydrogen) atoms. The smallest absolute Gasteiger partial charge is 0.340 e. The summed E-state index contributed by atoms with van der Waals surface area (Å²) < 4.78 is 11.6. The van der Waals surface area contributed by atoms with E-state index in [1.54, 1.807) is 0 Å². The predicted octanol–water partition coefficient (Wildman–Crippen LogP) is 5.81. The number of H-pyrrole nitrogens is 1. The van der Waals surface area contributed by atoms with Crippen molar-refractivity contribution in [2.45, 2.75) is 40.5 Å². The van der Waals surface area contributed by atoms with Gasteiger partial charge in [-0.1, -0.05) is 11.6 Å². The van der Waals surface area contributed by atoms with Gasteiger partial charge in [0.15, 0.2) is 0 Å². The molecular formula is C27H25ClN2O4. The molecule has 0 bridgehead atoms. The zero-order chi connectivity index (χ0) is 24.1. The molecule has 0 atom stereocenters. The second-order valence-corrected chi connectivity index (χ2v) is 9.25. The summed E-state index contributed by atoms with van der Waals surface area (Å²) in [6.45, 7) is 8.13. The van der Waals surface area contributed by atoms with Crippen molar-refractivity contribution in [3.05, 3.63) is 79.5 Å². The third-order valence-corrected chi connectivity index (χ3v) is 6.96. The minimum atomic E-state index is -0.492.